The summed E-state index contributed by atoms with van der Waals surface area (Å²) in [5.74, 6) is 1.39. The van der Waals surface area contributed by atoms with Crippen LogP contribution >= 0.6 is 0 Å². The maximum Gasteiger partial charge on any atom is 0.248 e. The van der Waals surface area contributed by atoms with Crippen LogP contribution in [0, 0.1) is 5.82 Å². The Bertz CT molecular complexity index is 990. The van der Waals surface area contributed by atoms with Crippen molar-refractivity contribution in [3.05, 3.63) is 71.8 Å². The average molecular weight is 376 g/mol. The molecule has 1 N–H and O–H groups in total. The Hall–Kier alpha value is -3.28. The summed E-state index contributed by atoms with van der Waals surface area (Å²) >= 11 is 0. The summed E-state index contributed by atoms with van der Waals surface area (Å²) < 4.78 is 15.1. The number of rotatable bonds is 4. The van der Waals surface area contributed by atoms with Gasteiger partial charge in [0.25, 0.3) is 0 Å². The van der Waals surface area contributed by atoms with Crippen molar-refractivity contribution >= 4 is 17.7 Å². The Balaban J connectivity index is 1.43. The molecule has 0 radical (unpaired) electrons. The number of hydrogen-bond donors (Lipinski definition) is 1. The van der Waals surface area contributed by atoms with E-state index >= 15 is 0 Å². The predicted molar refractivity (Wildman–Crippen MR) is 107 cm³/mol. The molecular formula is C22H21FN4O. The smallest absolute Gasteiger partial charge is 0.248 e. The van der Waals surface area contributed by atoms with E-state index in [0.29, 0.717) is 5.69 Å². The molecular weight excluding hydrogens is 355 g/mol. The minimum atomic E-state index is -0.300. The lowest BCUT2D eigenvalue weighted by atomic mass is 10.2. The molecule has 0 atom stereocenters. The highest BCUT2D eigenvalue weighted by molar-refractivity contribution is 6.02. The quantitative estimate of drug-likeness (QED) is 0.684. The van der Waals surface area contributed by atoms with E-state index in [1.165, 1.54) is 24.6 Å². The normalized spacial score (nSPS) is 13.9. The minimum Gasteiger partial charge on any atom is -0.323 e. The van der Waals surface area contributed by atoms with Gasteiger partial charge in [0.15, 0.2) is 5.82 Å². The number of carbonyl (C=O) groups is 1. The van der Waals surface area contributed by atoms with Crippen LogP contribution in [-0.4, -0.2) is 20.7 Å². The van der Waals surface area contributed by atoms with Gasteiger partial charge in [0.05, 0.1) is 0 Å². The van der Waals surface area contributed by atoms with E-state index in [0.717, 1.165) is 48.6 Å². The number of anilines is 1. The predicted octanol–water partition coefficient (Wildman–Crippen LogP) is 4.46. The van der Waals surface area contributed by atoms with Crippen molar-refractivity contribution in [1.29, 1.82) is 0 Å². The molecule has 1 aliphatic heterocycles. The minimum absolute atomic E-state index is 0.242. The number of benzene rings is 2. The van der Waals surface area contributed by atoms with Crippen LogP contribution in [0.5, 0.6) is 0 Å². The van der Waals surface area contributed by atoms with E-state index in [9.17, 15) is 9.18 Å². The Morgan fingerprint density at radius 2 is 1.79 bits per heavy atom. The van der Waals surface area contributed by atoms with Crippen molar-refractivity contribution in [2.24, 2.45) is 0 Å². The number of nitrogens with zero attached hydrogens (tertiary/aromatic N) is 3. The summed E-state index contributed by atoms with van der Waals surface area (Å²) in [4.78, 5) is 12.1. The summed E-state index contributed by atoms with van der Waals surface area (Å²) in [6.45, 7) is 0.949. The molecule has 1 aromatic heterocycles. The largest absolute Gasteiger partial charge is 0.323 e. The molecule has 142 valence electrons. The first-order valence-electron chi connectivity index (χ1n) is 9.46. The second kappa shape index (κ2) is 8.17. The van der Waals surface area contributed by atoms with Gasteiger partial charge in [-0.25, -0.2) is 4.39 Å². The lowest BCUT2D eigenvalue weighted by Crippen LogP contribution is -2.07. The molecule has 1 aliphatic rings. The summed E-state index contributed by atoms with van der Waals surface area (Å²) in [6, 6.07) is 13.6. The highest BCUT2D eigenvalue weighted by Gasteiger charge is 2.15. The molecule has 2 heterocycles. The fourth-order valence-corrected chi connectivity index (χ4v) is 3.33. The van der Waals surface area contributed by atoms with E-state index in [4.69, 9.17) is 0 Å². The Labute approximate surface area is 162 Å². The molecule has 0 aliphatic carbocycles. The molecule has 1 amide bonds. The molecule has 0 saturated carbocycles. The second-order valence-corrected chi connectivity index (χ2v) is 6.85. The van der Waals surface area contributed by atoms with E-state index < -0.39 is 0 Å². The van der Waals surface area contributed by atoms with Crippen molar-refractivity contribution in [3.63, 3.8) is 0 Å². The topological polar surface area (TPSA) is 59.8 Å². The first kappa shape index (κ1) is 18.1. The number of nitrogens with one attached hydrogen (secondary N) is 1. The average Bonchev–Trinajstić information content (AvgIpc) is 2.96. The van der Waals surface area contributed by atoms with E-state index in [1.54, 1.807) is 18.2 Å². The Morgan fingerprint density at radius 1 is 1.00 bits per heavy atom. The molecule has 4 rings (SSSR count). The first-order valence-corrected chi connectivity index (χ1v) is 9.46. The van der Waals surface area contributed by atoms with Crippen LogP contribution < -0.4 is 5.32 Å². The third-order valence-corrected chi connectivity index (χ3v) is 4.82. The maximum atomic E-state index is 12.9. The summed E-state index contributed by atoms with van der Waals surface area (Å²) in [7, 11) is 0. The van der Waals surface area contributed by atoms with Crippen LogP contribution in [0.4, 0.5) is 10.1 Å². The van der Waals surface area contributed by atoms with Gasteiger partial charge in [-0.15, -0.1) is 10.2 Å². The molecule has 28 heavy (non-hydrogen) atoms. The summed E-state index contributed by atoms with van der Waals surface area (Å²) in [6.07, 6.45) is 7.58. The molecule has 0 fully saturated rings. The van der Waals surface area contributed by atoms with Gasteiger partial charge in [-0.2, -0.15) is 0 Å². The van der Waals surface area contributed by atoms with Gasteiger partial charge in [0.2, 0.25) is 5.91 Å². The number of hydrogen-bond acceptors (Lipinski definition) is 3. The fourth-order valence-electron chi connectivity index (χ4n) is 3.33. The molecule has 2 aromatic carbocycles. The van der Waals surface area contributed by atoms with E-state index in [-0.39, 0.29) is 11.7 Å². The standard InChI is InChI=1S/C22H21FN4O/c23-18-10-5-16(6-11-18)7-14-21(28)24-19-12-8-17(9-13-19)22-26-25-20-4-2-1-3-15-27(20)22/h5-14H,1-4,15H2,(H,24,28)/b14-7+. The third kappa shape index (κ3) is 4.17. The van der Waals surface area contributed by atoms with Gasteiger partial charge >= 0.3 is 0 Å². The van der Waals surface area contributed by atoms with Gasteiger partial charge in [-0.05, 0) is 60.9 Å². The highest BCUT2D eigenvalue weighted by atomic mass is 19.1. The zero-order valence-corrected chi connectivity index (χ0v) is 15.4. The lowest BCUT2D eigenvalue weighted by Gasteiger charge is -2.08. The Morgan fingerprint density at radius 3 is 2.57 bits per heavy atom. The highest BCUT2D eigenvalue weighted by Crippen LogP contribution is 2.24. The number of fused-ring (bicyclic) bond motifs is 1. The molecule has 6 heteroatoms. The van der Waals surface area contributed by atoms with Gasteiger partial charge in [-0.1, -0.05) is 18.6 Å². The second-order valence-electron chi connectivity index (χ2n) is 6.85. The molecule has 0 spiro atoms. The van der Waals surface area contributed by atoms with Crippen molar-refractivity contribution < 1.29 is 9.18 Å². The van der Waals surface area contributed by atoms with Gasteiger partial charge in [0, 0.05) is 30.3 Å². The van der Waals surface area contributed by atoms with Gasteiger partial charge < -0.3 is 9.88 Å². The molecule has 0 saturated heterocycles. The van der Waals surface area contributed by atoms with Crippen LogP contribution in [0.1, 0.15) is 30.7 Å². The van der Waals surface area contributed by atoms with Crippen LogP contribution in [-0.2, 0) is 17.8 Å². The number of aromatic nitrogens is 3. The van der Waals surface area contributed by atoms with Crippen molar-refractivity contribution in [2.45, 2.75) is 32.2 Å². The van der Waals surface area contributed by atoms with E-state index in [1.807, 2.05) is 24.3 Å². The third-order valence-electron chi connectivity index (χ3n) is 4.82. The van der Waals surface area contributed by atoms with Crippen molar-refractivity contribution in [3.8, 4) is 11.4 Å². The summed E-state index contributed by atoms with van der Waals surface area (Å²) in [5.41, 5.74) is 2.45. The van der Waals surface area contributed by atoms with Gasteiger partial charge in [-0.3, -0.25) is 4.79 Å². The van der Waals surface area contributed by atoms with Crippen molar-refractivity contribution in [1.82, 2.24) is 14.8 Å². The fraction of sp³-hybridized carbons (Fsp3) is 0.227. The Kier molecular flexibility index (Phi) is 5.28. The maximum absolute atomic E-state index is 12.9. The molecule has 0 bridgehead atoms. The number of carbonyl (C=O) groups excluding carboxylic acids is 1. The van der Waals surface area contributed by atoms with Crippen LogP contribution in [0.25, 0.3) is 17.5 Å². The zero-order valence-electron chi connectivity index (χ0n) is 15.4. The summed E-state index contributed by atoms with van der Waals surface area (Å²) in [5, 5.41) is 11.5. The molecule has 3 aromatic rings. The molecule has 0 unspecified atom stereocenters. The first-order chi connectivity index (χ1) is 13.7. The number of aryl methyl sites for hydroxylation is 1. The number of amides is 1. The van der Waals surface area contributed by atoms with Crippen LogP contribution in [0.3, 0.4) is 0 Å². The van der Waals surface area contributed by atoms with Crippen molar-refractivity contribution in [2.75, 3.05) is 5.32 Å². The van der Waals surface area contributed by atoms with Crippen LogP contribution in [0.15, 0.2) is 54.6 Å². The van der Waals surface area contributed by atoms with Gasteiger partial charge in [0.1, 0.15) is 11.6 Å². The number of halogens is 1. The SMILES string of the molecule is O=C(/C=C/c1ccc(F)cc1)Nc1ccc(-c2nnc3n2CCCCC3)cc1. The van der Waals surface area contributed by atoms with Crippen LogP contribution in [0.2, 0.25) is 0 Å². The lowest BCUT2D eigenvalue weighted by molar-refractivity contribution is -0.111. The monoisotopic (exact) mass is 376 g/mol. The zero-order chi connectivity index (χ0) is 19.3. The molecule has 5 nitrogen and oxygen atoms in total. The van der Waals surface area contributed by atoms with E-state index in [2.05, 4.69) is 20.1 Å².